The van der Waals surface area contributed by atoms with Crippen molar-refractivity contribution in [1.82, 2.24) is 4.98 Å². The van der Waals surface area contributed by atoms with E-state index in [2.05, 4.69) is 23.5 Å². The van der Waals surface area contributed by atoms with Crippen molar-refractivity contribution in [3.05, 3.63) is 30.5 Å². The molecular weight excluding hydrogens is 230 g/mol. The molecule has 2 aromatic rings. The minimum absolute atomic E-state index is 0.583. The summed E-state index contributed by atoms with van der Waals surface area (Å²) in [6.45, 7) is 3.14. The minimum atomic E-state index is 0.583. The van der Waals surface area contributed by atoms with Crippen LogP contribution in [-0.2, 0) is 0 Å². The summed E-state index contributed by atoms with van der Waals surface area (Å²) < 4.78 is 0. The fourth-order valence-electron chi connectivity index (χ4n) is 1.69. The van der Waals surface area contributed by atoms with Crippen molar-refractivity contribution in [3.8, 4) is 0 Å². The number of fused-ring (bicyclic) bond motifs is 1. The zero-order valence-corrected chi connectivity index (χ0v) is 10.9. The average Bonchev–Trinajstić information content (AvgIpc) is 2.36. The second-order valence-electron chi connectivity index (χ2n) is 4.03. The third kappa shape index (κ3) is 2.64. The highest BCUT2D eigenvalue weighted by Crippen LogP contribution is 2.25. The topological polar surface area (TPSA) is 50.9 Å². The molecule has 90 valence electrons. The molecule has 0 aliphatic rings. The number of nitrogen functional groups attached to an aromatic ring is 1. The fraction of sp³-hybridized carbons (Fsp3) is 0.308. The van der Waals surface area contributed by atoms with Gasteiger partial charge in [0.1, 0.15) is 0 Å². The molecule has 0 aliphatic carbocycles. The third-order valence-electron chi connectivity index (χ3n) is 2.78. The van der Waals surface area contributed by atoms with Crippen molar-refractivity contribution in [2.45, 2.75) is 12.2 Å². The summed E-state index contributed by atoms with van der Waals surface area (Å²) in [6.07, 6.45) is 3.92. The first-order valence-electron chi connectivity index (χ1n) is 5.62. The van der Waals surface area contributed by atoms with Crippen molar-refractivity contribution in [2.24, 2.45) is 0 Å². The molecule has 1 heterocycles. The molecule has 0 amide bonds. The highest BCUT2D eigenvalue weighted by molar-refractivity contribution is 7.99. The van der Waals surface area contributed by atoms with E-state index in [0.717, 1.165) is 28.8 Å². The van der Waals surface area contributed by atoms with Crippen LogP contribution in [0.25, 0.3) is 10.9 Å². The Balaban J connectivity index is 2.31. The number of thioether (sulfide) groups is 1. The number of benzene rings is 1. The highest BCUT2D eigenvalue weighted by Gasteiger charge is 2.05. The Labute approximate surface area is 106 Å². The first kappa shape index (κ1) is 12.0. The number of rotatable bonds is 4. The number of nitrogens with zero attached hydrogens (tertiary/aromatic N) is 1. The fourth-order valence-corrected chi connectivity index (χ4v) is 1.94. The van der Waals surface area contributed by atoms with Crippen molar-refractivity contribution in [3.63, 3.8) is 0 Å². The van der Waals surface area contributed by atoms with Crippen LogP contribution in [0, 0.1) is 0 Å². The largest absolute Gasteiger partial charge is 0.397 e. The van der Waals surface area contributed by atoms with Gasteiger partial charge >= 0.3 is 0 Å². The average molecular weight is 247 g/mol. The van der Waals surface area contributed by atoms with Gasteiger partial charge < -0.3 is 11.1 Å². The van der Waals surface area contributed by atoms with Gasteiger partial charge in [-0.1, -0.05) is 19.1 Å². The van der Waals surface area contributed by atoms with Crippen LogP contribution in [0.1, 0.15) is 6.92 Å². The van der Waals surface area contributed by atoms with Crippen molar-refractivity contribution in [1.29, 1.82) is 0 Å². The second-order valence-corrected chi connectivity index (χ2v) is 5.31. The third-order valence-corrected chi connectivity index (χ3v) is 3.76. The van der Waals surface area contributed by atoms with Crippen molar-refractivity contribution in [2.75, 3.05) is 23.9 Å². The maximum Gasteiger partial charge on any atom is 0.0951 e. The van der Waals surface area contributed by atoms with E-state index >= 15 is 0 Å². The maximum absolute atomic E-state index is 5.91. The Morgan fingerprint density at radius 2 is 2.24 bits per heavy atom. The van der Waals surface area contributed by atoms with E-state index in [4.69, 9.17) is 5.73 Å². The van der Waals surface area contributed by atoms with Crippen LogP contribution < -0.4 is 11.1 Å². The SMILES string of the molecule is CSC(C)CNc1ccnc2c(N)cccc12. The number of hydrogen-bond donors (Lipinski definition) is 2. The molecule has 0 radical (unpaired) electrons. The standard InChI is InChI=1S/C13H17N3S/c1-9(17-2)8-16-12-6-7-15-13-10(12)4-3-5-11(13)14/h3-7,9H,8,14H2,1-2H3,(H,15,16). The van der Waals surface area contributed by atoms with Gasteiger partial charge in [-0.05, 0) is 18.4 Å². The zero-order chi connectivity index (χ0) is 12.3. The highest BCUT2D eigenvalue weighted by atomic mass is 32.2. The Kier molecular flexibility index (Phi) is 3.74. The van der Waals surface area contributed by atoms with E-state index in [1.165, 1.54) is 0 Å². The number of pyridine rings is 1. The van der Waals surface area contributed by atoms with E-state index in [1.807, 2.05) is 36.0 Å². The lowest BCUT2D eigenvalue weighted by atomic mass is 10.1. The Morgan fingerprint density at radius 1 is 1.41 bits per heavy atom. The molecule has 3 N–H and O–H groups in total. The van der Waals surface area contributed by atoms with Crippen LogP contribution in [0.2, 0.25) is 0 Å². The number of hydrogen-bond acceptors (Lipinski definition) is 4. The first-order valence-corrected chi connectivity index (χ1v) is 6.91. The summed E-state index contributed by atoms with van der Waals surface area (Å²) in [5.41, 5.74) is 8.61. The molecule has 3 nitrogen and oxygen atoms in total. The van der Waals surface area contributed by atoms with Gasteiger partial charge in [0, 0.05) is 29.1 Å². The van der Waals surface area contributed by atoms with Gasteiger partial charge in [0.2, 0.25) is 0 Å². The molecule has 0 saturated carbocycles. The predicted octanol–water partition coefficient (Wildman–Crippen LogP) is 2.98. The predicted molar refractivity (Wildman–Crippen MR) is 77.6 cm³/mol. The van der Waals surface area contributed by atoms with Gasteiger partial charge in [-0.25, -0.2) is 0 Å². The van der Waals surface area contributed by atoms with E-state index in [9.17, 15) is 0 Å². The maximum atomic E-state index is 5.91. The molecule has 4 heteroatoms. The number of aromatic nitrogens is 1. The number of para-hydroxylation sites is 1. The zero-order valence-electron chi connectivity index (χ0n) is 10.1. The Hall–Kier alpha value is -1.42. The molecule has 1 aromatic heterocycles. The molecule has 0 aliphatic heterocycles. The molecular formula is C13H17N3S. The number of nitrogens with one attached hydrogen (secondary N) is 1. The van der Waals surface area contributed by atoms with E-state index < -0.39 is 0 Å². The summed E-state index contributed by atoms with van der Waals surface area (Å²) in [5, 5.41) is 5.12. The lowest BCUT2D eigenvalue weighted by molar-refractivity contribution is 1.00. The van der Waals surface area contributed by atoms with Crippen LogP contribution in [0.3, 0.4) is 0 Å². The van der Waals surface area contributed by atoms with Crippen LogP contribution in [-0.4, -0.2) is 23.0 Å². The molecule has 1 atom stereocenters. The summed E-state index contributed by atoms with van der Waals surface area (Å²) in [7, 11) is 0. The van der Waals surface area contributed by atoms with E-state index in [0.29, 0.717) is 5.25 Å². The van der Waals surface area contributed by atoms with E-state index in [-0.39, 0.29) is 0 Å². The molecule has 0 fully saturated rings. The summed E-state index contributed by atoms with van der Waals surface area (Å²) >= 11 is 1.85. The van der Waals surface area contributed by atoms with Gasteiger partial charge in [-0.3, -0.25) is 4.98 Å². The Morgan fingerprint density at radius 3 is 3.00 bits per heavy atom. The van der Waals surface area contributed by atoms with Crippen LogP contribution in [0.5, 0.6) is 0 Å². The summed E-state index contributed by atoms with van der Waals surface area (Å²) in [4.78, 5) is 4.32. The van der Waals surface area contributed by atoms with Crippen molar-refractivity contribution >= 4 is 34.0 Å². The Bertz CT molecular complexity index is 513. The van der Waals surface area contributed by atoms with Crippen LogP contribution >= 0.6 is 11.8 Å². The van der Waals surface area contributed by atoms with Gasteiger partial charge in [0.15, 0.2) is 0 Å². The normalized spacial score (nSPS) is 12.6. The minimum Gasteiger partial charge on any atom is -0.397 e. The quantitative estimate of drug-likeness (QED) is 0.816. The van der Waals surface area contributed by atoms with Gasteiger partial charge in [0.05, 0.1) is 11.2 Å². The van der Waals surface area contributed by atoms with E-state index in [1.54, 1.807) is 6.20 Å². The summed E-state index contributed by atoms with van der Waals surface area (Å²) in [5.74, 6) is 0. The van der Waals surface area contributed by atoms with Gasteiger partial charge in [0.25, 0.3) is 0 Å². The molecule has 0 saturated heterocycles. The smallest absolute Gasteiger partial charge is 0.0951 e. The first-order chi connectivity index (χ1) is 8.22. The molecule has 1 aromatic carbocycles. The van der Waals surface area contributed by atoms with Gasteiger partial charge in [-0.2, -0.15) is 11.8 Å². The lowest BCUT2D eigenvalue weighted by Crippen LogP contribution is -2.12. The summed E-state index contributed by atoms with van der Waals surface area (Å²) in [6, 6.07) is 7.88. The van der Waals surface area contributed by atoms with Crippen molar-refractivity contribution < 1.29 is 0 Å². The molecule has 17 heavy (non-hydrogen) atoms. The number of anilines is 2. The molecule has 2 rings (SSSR count). The van der Waals surface area contributed by atoms with Crippen LogP contribution in [0.15, 0.2) is 30.5 Å². The second kappa shape index (κ2) is 5.27. The van der Waals surface area contributed by atoms with Gasteiger partial charge in [-0.15, -0.1) is 0 Å². The molecule has 0 bridgehead atoms. The number of nitrogens with two attached hydrogens (primary N) is 1. The molecule has 0 spiro atoms. The lowest BCUT2D eigenvalue weighted by Gasteiger charge is -2.13. The van der Waals surface area contributed by atoms with Crippen LogP contribution in [0.4, 0.5) is 11.4 Å². The monoisotopic (exact) mass is 247 g/mol. The molecule has 1 unspecified atom stereocenters.